The Bertz CT molecular complexity index is 1040. The van der Waals surface area contributed by atoms with Crippen molar-refractivity contribution in [3.63, 3.8) is 0 Å². The van der Waals surface area contributed by atoms with Crippen LogP contribution in [0.25, 0.3) is 6.08 Å². The Morgan fingerprint density at radius 2 is 1.67 bits per heavy atom. The molecule has 0 spiro atoms. The molecule has 0 N–H and O–H groups in total. The predicted molar refractivity (Wildman–Crippen MR) is 137 cm³/mol. The molecular formula is C29H34BrNO2. The van der Waals surface area contributed by atoms with Crippen LogP contribution in [0.1, 0.15) is 57.7 Å². The highest BCUT2D eigenvalue weighted by molar-refractivity contribution is 9.09. The molecule has 33 heavy (non-hydrogen) atoms. The van der Waals surface area contributed by atoms with Gasteiger partial charge in [0.25, 0.3) is 5.91 Å². The molecule has 7 atom stereocenters. The molecule has 1 saturated heterocycles. The molecule has 174 valence electrons. The molecule has 0 radical (unpaired) electrons. The van der Waals surface area contributed by atoms with Gasteiger partial charge in [-0.25, -0.2) is 0 Å². The fourth-order valence-corrected chi connectivity index (χ4v) is 6.81. The van der Waals surface area contributed by atoms with Gasteiger partial charge in [0.15, 0.2) is 6.10 Å². The molecule has 4 heteroatoms. The third-order valence-corrected chi connectivity index (χ3v) is 9.89. The van der Waals surface area contributed by atoms with E-state index in [-0.39, 0.29) is 28.4 Å². The van der Waals surface area contributed by atoms with Gasteiger partial charge in [0.1, 0.15) is 0 Å². The second-order valence-electron chi connectivity index (χ2n) is 10.9. The number of likely N-dealkylation sites (tertiary alicyclic amines) is 1. The van der Waals surface area contributed by atoms with E-state index in [9.17, 15) is 4.79 Å². The number of fused-ring (bicyclic) bond motifs is 1. The molecule has 5 rings (SSSR count). The fourth-order valence-electron chi connectivity index (χ4n) is 6.11. The number of carbonyl (C=O) groups is 1. The highest BCUT2D eigenvalue weighted by atomic mass is 79.9. The maximum Gasteiger partial charge on any atom is 0.255 e. The van der Waals surface area contributed by atoms with Gasteiger partial charge in [0.2, 0.25) is 0 Å². The van der Waals surface area contributed by atoms with Gasteiger partial charge in [-0.1, -0.05) is 103 Å². The van der Waals surface area contributed by atoms with Crippen molar-refractivity contribution >= 4 is 27.9 Å². The van der Waals surface area contributed by atoms with Gasteiger partial charge in [-0.2, -0.15) is 0 Å². The maximum absolute atomic E-state index is 13.5. The third kappa shape index (κ3) is 4.00. The van der Waals surface area contributed by atoms with E-state index >= 15 is 0 Å². The van der Waals surface area contributed by atoms with E-state index in [1.54, 1.807) is 0 Å². The molecule has 3 nitrogen and oxygen atoms in total. The first-order valence-electron chi connectivity index (χ1n) is 12.1. The van der Waals surface area contributed by atoms with E-state index in [1.165, 1.54) is 0 Å². The molecule has 2 aromatic rings. The van der Waals surface area contributed by atoms with Crippen LogP contribution < -0.4 is 0 Å². The lowest BCUT2D eigenvalue weighted by molar-refractivity contribution is -0.196. The molecule has 1 aliphatic heterocycles. The van der Waals surface area contributed by atoms with E-state index in [0.717, 1.165) is 29.9 Å². The van der Waals surface area contributed by atoms with Crippen molar-refractivity contribution in [3.05, 3.63) is 77.9 Å². The second kappa shape index (κ2) is 8.39. The molecule has 1 amide bonds. The van der Waals surface area contributed by atoms with E-state index < -0.39 is 6.10 Å². The number of benzene rings is 2. The molecule has 0 aromatic heterocycles. The first-order valence-corrected chi connectivity index (χ1v) is 13.1. The Balaban J connectivity index is 1.39. The summed E-state index contributed by atoms with van der Waals surface area (Å²) in [7, 11) is 0. The Morgan fingerprint density at radius 3 is 2.33 bits per heavy atom. The van der Waals surface area contributed by atoms with Crippen LogP contribution in [0, 0.1) is 17.3 Å². The number of nitrogens with zero attached hydrogens (tertiary/aromatic N) is 1. The highest BCUT2D eigenvalue weighted by Crippen LogP contribution is 2.68. The highest BCUT2D eigenvalue weighted by Gasteiger charge is 2.65. The van der Waals surface area contributed by atoms with Gasteiger partial charge in [-0.05, 0) is 55.1 Å². The van der Waals surface area contributed by atoms with Crippen LogP contribution in [0.3, 0.4) is 0 Å². The summed E-state index contributed by atoms with van der Waals surface area (Å²) < 4.78 is 6.76. The predicted octanol–water partition coefficient (Wildman–Crippen LogP) is 6.65. The first-order chi connectivity index (χ1) is 15.7. The average molecular weight is 509 g/mol. The van der Waals surface area contributed by atoms with Crippen molar-refractivity contribution in [1.82, 2.24) is 4.90 Å². The summed E-state index contributed by atoms with van der Waals surface area (Å²) in [5, 5.41) is 0. The number of amides is 1. The number of hydrogen-bond donors (Lipinski definition) is 0. The Kier molecular flexibility index (Phi) is 5.81. The minimum atomic E-state index is -0.445. The monoisotopic (exact) mass is 507 g/mol. The second-order valence-corrected chi connectivity index (χ2v) is 12.0. The number of carbonyl (C=O) groups excluding carboxylic acids is 1. The lowest BCUT2D eigenvalue weighted by Crippen LogP contribution is -2.67. The molecule has 2 aromatic carbocycles. The largest absolute Gasteiger partial charge is 0.359 e. The maximum atomic E-state index is 13.5. The summed E-state index contributed by atoms with van der Waals surface area (Å²) >= 11 is 3.94. The summed E-state index contributed by atoms with van der Waals surface area (Å²) in [4.78, 5) is 15.7. The number of rotatable bonds is 6. The molecule has 0 unspecified atom stereocenters. The summed E-state index contributed by atoms with van der Waals surface area (Å²) in [6.45, 7) is 9.05. The van der Waals surface area contributed by atoms with Gasteiger partial charge in [-0.3, -0.25) is 4.79 Å². The molecule has 0 bridgehead atoms. The van der Waals surface area contributed by atoms with Gasteiger partial charge in [0, 0.05) is 4.83 Å². The number of halogens is 1. The Labute approximate surface area is 206 Å². The smallest absolute Gasteiger partial charge is 0.255 e. The van der Waals surface area contributed by atoms with Crippen molar-refractivity contribution in [2.75, 3.05) is 0 Å². The van der Waals surface area contributed by atoms with Crippen LogP contribution in [0.5, 0.6) is 0 Å². The van der Waals surface area contributed by atoms with Crippen molar-refractivity contribution < 1.29 is 9.53 Å². The van der Waals surface area contributed by atoms with Gasteiger partial charge < -0.3 is 9.64 Å². The zero-order valence-electron chi connectivity index (χ0n) is 19.9. The van der Waals surface area contributed by atoms with E-state index in [2.05, 4.69) is 80.0 Å². The number of ether oxygens (including phenoxy) is 1. The van der Waals surface area contributed by atoms with Gasteiger partial charge in [0.05, 0.1) is 17.7 Å². The van der Waals surface area contributed by atoms with Crippen LogP contribution in [-0.4, -0.2) is 33.4 Å². The van der Waals surface area contributed by atoms with Crippen molar-refractivity contribution in [2.45, 2.75) is 69.2 Å². The van der Waals surface area contributed by atoms with Crippen LogP contribution in [-0.2, 0) is 9.53 Å². The van der Waals surface area contributed by atoms with Crippen LogP contribution in [0.2, 0.25) is 0 Å². The molecule has 2 saturated carbocycles. The standard InChI is InChI=1S/C29H34BrNO2/c1-19(21-13-9-6-10-14-21)31-24(16-15-20-11-7-5-8-12-20)26(27(31)32)33-29(4)18-23-22(17-25(29)30)28(23,2)3/h5-16,19,22-26H,17-18H2,1-4H3/b16-15+/t19-,22-,23+,24-,25-,26+,29-/m1/s1. The fraction of sp³-hybridized carbons (Fsp3) is 0.483. The number of β-lactam (4-membered cyclic amide) rings is 1. The summed E-state index contributed by atoms with van der Waals surface area (Å²) in [5.74, 6) is 1.54. The van der Waals surface area contributed by atoms with E-state index in [0.29, 0.717) is 11.3 Å². The minimum absolute atomic E-state index is 0.00496. The molecule has 3 fully saturated rings. The van der Waals surface area contributed by atoms with Crippen molar-refractivity contribution in [1.29, 1.82) is 0 Å². The van der Waals surface area contributed by atoms with Gasteiger partial charge in [-0.15, -0.1) is 0 Å². The molecule has 1 heterocycles. The minimum Gasteiger partial charge on any atom is -0.359 e. The lowest BCUT2D eigenvalue weighted by Gasteiger charge is -2.52. The quantitative estimate of drug-likeness (QED) is 0.323. The molecular weight excluding hydrogens is 474 g/mol. The Morgan fingerprint density at radius 1 is 1.03 bits per heavy atom. The molecule has 3 aliphatic rings. The van der Waals surface area contributed by atoms with E-state index in [4.69, 9.17) is 4.74 Å². The normalized spacial score (nSPS) is 35.7. The van der Waals surface area contributed by atoms with Gasteiger partial charge >= 0.3 is 0 Å². The number of hydrogen-bond acceptors (Lipinski definition) is 2. The SMILES string of the molecule is C[C@H](c1ccccc1)N1C(=O)[C@@H](O[C@]2(C)C[C@H]3[C@@H](C[C@H]2Br)C3(C)C)[C@H]1/C=C/c1ccccc1. The average Bonchev–Trinajstić information content (AvgIpc) is 3.33. The third-order valence-electron chi connectivity index (χ3n) is 8.55. The van der Waals surface area contributed by atoms with E-state index in [1.807, 2.05) is 41.3 Å². The Hall–Kier alpha value is -1.91. The number of alkyl halides is 1. The topological polar surface area (TPSA) is 29.5 Å². The summed E-state index contributed by atoms with van der Waals surface area (Å²) in [6.07, 6.45) is 5.95. The van der Waals surface area contributed by atoms with Crippen LogP contribution in [0.15, 0.2) is 66.7 Å². The van der Waals surface area contributed by atoms with Crippen molar-refractivity contribution in [3.8, 4) is 0 Å². The van der Waals surface area contributed by atoms with Crippen molar-refractivity contribution in [2.24, 2.45) is 17.3 Å². The lowest BCUT2D eigenvalue weighted by atomic mass is 9.84. The molecule has 2 aliphatic carbocycles. The summed E-state index contributed by atoms with van der Waals surface area (Å²) in [6, 6.07) is 20.4. The van der Waals surface area contributed by atoms with Crippen LogP contribution in [0.4, 0.5) is 0 Å². The first kappa shape index (κ1) is 22.9. The zero-order valence-corrected chi connectivity index (χ0v) is 21.5. The van der Waals surface area contributed by atoms with Crippen LogP contribution >= 0.6 is 15.9 Å². The summed E-state index contributed by atoms with van der Waals surface area (Å²) in [5.41, 5.74) is 2.33. The zero-order chi connectivity index (χ0) is 23.4.